The Morgan fingerprint density at radius 1 is 1.25 bits per heavy atom. The smallest absolute Gasteiger partial charge is 0.255 e. The molecule has 1 amide bonds. The van der Waals surface area contributed by atoms with Gasteiger partial charge >= 0.3 is 0 Å². The van der Waals surface area contributed by atoms with E-state index < -0.39 is 0 Å². The van der Waals surface area contributed by atoms with Crippen molar-refractivity contribution < 1.29 is 9.90 Å². The van der Waals surface area contributed by atoms with Crippen molar-refractivity contribution in [1.29, 1.82) is 0 Å². The van der Waals surface area contributed by atoms with Crippen molar-refractivity contribution in [2.75, 3.05) is 6.61 Å². The zero-order chi connectivity index (χ0) is 16.9. The van der Waals surface area contributed by atoms with Crippen LogP contribution in [-0.4, -0.2) is 33.4 Å². The van der Waals surface area contributed by atoms with Crippen LogP contribution in [0.15, 0.2) is 36.5 Å². The molecular formula is C19H25N3O2. The van der Waals surface area contributed by atoms with E-state index in [-0.39, 0.29) is 24.5 Å². The molecule has 1 aromatic heterocycles. The van der Waals surface area contributed by atoms with Gasteiger partial charge in [-0.3, -0.25) is 9.48 Å². The van der Waals surface area contributed by atoms with Crippen LogP contribution in [0.3, 0.4) is 0 Å². The first-order valence-electron chi connectivity index (χ1n) is 8.70. The van der Waals surface area contributed by atoms with E-state index in [4.69, 9.17) is 0 Å². The normalized spacial score (nSPS) is 21.2. The number of rotatable bonds is 4. The number of aliphatic hydroxyl groups excluding tert-OH is 1. The number of aromatic nitrogens is 2. The molecule has 1 fully saturated rings. The molecule has 1 saturated carbocycles. The van der Waals surface area contributed by atoms with Crippen LogP contribution in [0.4, 0.5) is 0 Å². The Balaban J connectivity index is 1.82. The molecule has 5 nitrogen and oxygen atoms in total. The molecule has 1 aliphatic carbocycles. The summed E-state index contributed by atoms with van der Waals surface area (Å²) in [6.45, 7) is 0.129. The van der Waals surface area contributed by atoms with E-state index in [1.54, 1.807) is 10.9 Å². The number of hydrogen-bond acceptors (Lipinski definition) is 3. The highest BCUT2D eigenvalue weighted by molar-refractivity contribution is 5.99. The average molecular weight is 327 g/mol. The monoisotopic (exact) mass is 327 g/mol. The Bertz CT molecular complexity index is 681. The Labute approximate surface area is 142 Å². The third kappa shape index (κ3) is 3.67. The number of aliphatic hydroxyl groups is 1. The fourth-order valence-electron chi connectivity index (χ4n) is 3.50. The Kier molecular flexibility index (Phi) is 5.30. The van der Waals surface area contributed by atoms with Crippen LogP contribution in [0.5, 0.6) is 0 Å². The maximum atomic E-state index is 12.8. The maximum absolute atomic E-state index is 12.8. The molecule has 0 saturated heterocycles. The van der Waals surface area contributed by atoms with Crippen LogP contribution < -0.4 is 5.32 Å². The van der Waals surface area contributed by atoms with Crippen molar-refractivity contribution in [3.8, 4) is 11.3 Å². The number of nitrogens with one attached hydrogen (secondary N) is 1. The fraction of sp³-hybridized carbons (Fsp3) is 0.474. The van der Waals surface area contributed by atoms with Gasteiger partial charge in [-0.05, 0) is 12.8 Å². The summed E-state index contributed by atoms with van der Waals surface area (Å²) in [5, 5.41) is 17.2. The second kappa shape index (κ2) is 7.62. The minimum Gasteiger partial charge on any atom is -0.396 e. The molecule has 1 aromatic carbocycles. The first-order valence-corrected chi connectivity index (χ1v) is 8.70. The van der Waals surface area contributed by atoms with Crippen LogP contribution in [0.1, 0.15) is 42.5 Å². The van der Waals surface area contributed by atoms with E-state index in [9.17, 15) is 9.90 Å². The fourth-order valence-corrected chi connectivity index (χ4v) is 3.50. The molecule has 1 aliphatic rings. The molecule has 2 aromatic rings. The summed E-state index contributed by atoms with van der Waals surface area (Å²) < 4.78 is 1.67. The summed E-state index contributed by atoms with van der Waals surface area (Å²) in [6.07, 6.45) is 7.06. The van der Waals surface area contributed by atoms with Crippen LogP contribution in [0.2, 0.25) is 0 Å². The van der Waals surface area contributed by atoms with Gasteiger partial charge in [0.2, 0.25) is 0 Å². The average Bonchev–Trinajstić information content (AvgIpc) is 2.85. The highest BCUT2D eigenvalue weighted by Gasteiger charge is 2.26. The molecule has 5 heteroatoms. The summed E-state index contributed by atoms with van der Waals surface area (Å²) in [7, 11) is 1.82. The quantitative estimate of drug-likeness (QED) is 0.849. The van der Waals surface area contributed by atoms with Gasteiger partial charge in [0.05, 0.1) is 5.56 Å². The first-order chi connectivity index (χ1) is 11.7. The first kappa shape index (κ1) is 16.7. The molecule has 3 rings (SSSR count). The summed E-state index contributed by atoms with van der Waals surface area (Å²) >= 11 is 0. The number of aryl methyl sites for hydroxylation is 1. The standard InChI is InChI=1S/C19H25N3O2/c1-22-12-16(18(21-22)14-8-4-2-5-9-14)19(24)20-17-11-7-3-6-10-15(17)13-23/h2,4-5,8-9,12,15,17,23H,3,6-7,10-11,13H2,1H3,(H,20,24). The summed E-state index contributed by atoms with van der Waals surface area (Å²) in [4.78, 5) is 12.8. The van der Waals surface area contributed by atoms with Gasteiger partial charge in [0.25, 0.3) is 5.91 Å². The largest absolute Gasteiger partial charge is 0.396 e. The zero-order valence-electron chi connectivity index (χ0n) is 14.1. The maximum Gasteiger partial charge on any atom is 0.255 e. The highest BCUT2D eigenvalue weighted by Crippen LogP contribution is 2.25. The molecule has 2 N–H and O–H groups in total. The van der Waals surface area contributed by atoms with Crippen molar-refractivity contribution >= 4 is 5.91 Å². The molecule has 128 valence electrons. The Morgan fingerprint density at radius 3 is 2.75 bits per heavy atom. The third-order valence-electron chi connectivity index (χ3n) is 4.83. The lowest BCUT2D eigenvalue weighted by atomic mass is 9.95. The molecule has 2 atom stereocenters. The van der Waals surface area contributed by atoms with Crippen molar-refractivity contribution in [3.63, 3.8) is 0 Å². The second-order valence-electron chi connectivity index (χ2n) is 6.59. The summed E-state index contributed by atoms with van der Waals surface area (Å²) in [5.74, 6) is 0.0422. The van der Waals surface area contributed by atoms with Crippen LogP contribution in [0, 0.1) is 5.92 Å². The van der Waals surface area contributed by atoms with Crippen molar-refractivity contribution in [2.45, 2.75) is 38.1 Å². The molecule has 0 bridgehead atoms. The molecule has 0 aliphatic heterocycles. The number of amides is 1. The molecule has 0 spiro atoms. The second-order valence-corrected chi connectivity index (χ2v) is 6.59. The zero-order valence-corrected chi connectivity index (χ0v) is 14.1. The minimum absolute atomic E-state index is 0.0360. The van der Waals surface area contributed by atoms with Crippen LogP contribution in [-0.2, 0) is 7.05 Å². The molecule has 0 radical (unpaired) electrons. The van der Waals surface area contributed by atoms with Crippen molar-refractivity contribution in [1.82, 2.24) is 15.1 Å². The minimum atomic E-state index is -0.104. The molecule has 24 heavy (non-hydrogen) atoms. The van der Waals surface area contributed by atoms with E-state index >= 15 is 0 Å². The van der Waals surface area contributed by atoms with Gasteiger partial charge in [0, 0.05) is 37.4 Å². The summed E-state index contributed by atoms with van der Waals surface area (Å²) in [5.41, 5.74) is 2.22. The Hall–Kier alpha value is -2.14. The van der Waals surface area contributed by atoms with Crippen molar-refractivity contribution in [3.05, 3.63) is 42.1 Å². The van der Waals surface area contributed by atoms with Crippen molar-refractivity contribution in [2.24, 2.45) is 13.0 Å². The summed E-state index contributed by atoms with van der Waals surface area (Å²) in [6, 6.07) is 9.79. The lowest BCUT2D eigenvalue weighted by Gasteiger charge is -2.24. The van der Waals surface area contributed by atoms with E-state index in [1.807, 2.05) is 37.4 Å². The SMILES string of the molecule is Cn1cc(C(=O)NC2CCCCCC2CO)c(-c2ccccc2)n1. The van der Waals surface area contributed by atoms with Gasteiger partial charge in [0.15, 0.2) is 0 Å². The van der Waals surface area contributed by atoms with Gasteiger partial charge in [0.1, 0.15) is 5.69 Å². The van der Waals surface area contributed by atoms with E-state index in [1.165, 1.54) is 6.42 Å². The molecule has 1 heterocycles. The van der Waals surface area contributed by atoms with Gasteiger partial charge in [-0.2, -0.15) is 5.10 Å². The van der Waals surface area contributed by atoms with E-state index in [0.717, 1.165) is 31.2 Å². The highest BCUT2D eigenvalue weighted by atomic mass is 16.3. The molecular weight excluding hydrogens is 302 g/mol. The van der Waals surface area contributed by atoms with Crippen LogP contribution in [0.25, 0.3) is 11.3 Å². The number of benzene rings is 1. The third-order valence-corrected chi connectivity index (χ3v) is 4.83. The predicted molar refractivity (Wildman–Crippen MR) is 93.6 cm³/mol. The van der Waals surface area contributed by atoms with Gasteiger partial charge in [-0.15, -0.1) is 0 Å². The van der Waals surface area contributed by atoms with Crippen LogP contribution >= 0.6 is 0 Å². The number of carbonyl (C=O) groups excluding carboxylic acids is 1. The van der Waals surface area contributed by atoms with E-state index in [0.29, 0.717) is 11.3 Å². The predicted octanol–water partition coefficient (Wildman–Crippen LogP) is 2.76. The van der Waals surface area contributed by atoms with E-state index in [2.05, 4.69) is 10.4 Å². The topological polar surface area (TPSA) is 67.2 Å². The van der Waals surface area contributed by atoms with Gasteiger partial charge in [-0.25, -0.2) is 0 Å². The number of carbonyl (C=O) groups is 1. The number of hydrogen-bond donors (Lipinski definition) is 2. The Morgan fingerprint density at radius 2 is 2.00 bits per heavy atom. The lowest BCUT2D eigenvalue weighted by Crippen LogP contribution is -2.41. The number of nitrogens with zero attached hydrogens (tertiary/aromatic N) is 2. The molecule has 2 unspecified atom stereocenters. The van der Waals surface area contributed by atoms with Gasteiger partial charge < -0.3 is 10.4 Å². The lowest BCUT2D eigenvalue weighted by molar-refractivity contribution is 0.0900. The van der Waals surface area contributed by atoms with Gasteiger partial charge in [-0.1, -0.05) is 49.6 Å².